The van der Waals surface area contributed by atoms with Crippen LogP contribution < -0.4 is 21.2 Å². The van der Waals surface area contributed by atoms with Gasteiger partial charge in [0.25, 0.3) is 11.8 Å². The first kappa shape index (κ1) is 25.5. The van der Waals surface area contributed by atoms with E-state index >= 15 is 0 Å². The van der Waals surface area contributed by atoms with Crippen LogP contribution in [0, 0.1) is 0 Å². The van der Waals surface area contributed by atoms with Crippen molar-refractivity contribution in [3.8, 4) is 0 Å². The van der Waals surface area contributed by atoms with Gasteiger partial charge in [-0.3, -0.25) is 18.7 Å². The maximum Gasteiger partial charge on any atom is 0.253 e. The Kier molecular flexibility index (Phi) is 7.63. The van der Waals surface area contributed by atoms with E-state index in [9.17, 15) is 18.7 Å². The molecule has 0 aromatic heterocycles. The Balaban J connectivity index is 1.45. The third-order valence-electron chi connectivity index (χ3n) is 6.98. The van der Waals surface area contributed by atoms with E-state index in [2.05, 4.69) is 19.2 Å². The molecule has 186 valence electrons. The van der Waals surface area contributed by atoms with E-state index < -0.39 is 7.09 Å². The largest absolute Gasteiger partial charge is 0.347 e. The molecule has 2 N–H and O–H groups in total. The van der Waals surface area contributed by atoms with Crippen molar-refractivity contribution in [3.63, 3.8) is 0 Å². The first-order chi connectivity index (χ1) is 18.0. The average Bonchev–Trinajstić information content (AvgIpc) is 2.92. The number of amides is 2. The summed E-state index contributed by atoms with van der Waals surface area (Å²) in [5.74, 6) is -0.626. The lowest BCUT2D eigenvalue weighted by molar-refractivity contribution is 0.0865. The molecule has 0 heterocycles. The van der Waals surface area contributed by atoms with Crippen LogP contribution in [0.1, 0.15) is 46.4 Å². The standard InChI is InChI=1S/C28H25N2O4P3/c31-27(25-19-9-3-1-7-17(19)13-15-23(25)36-33)29-21-11-5-6-12-22(21)30-28(32)26-20-10-4-2-8-18(20)14-16-24(26)37(34)35/h1-4,7-10,13-16,21-22,35H,5-6,11-12H2,(H,29,31)(H,30,32). The van der Waals surface area contributed by atoms with E-state index in [1.807, 2.05) is 60.7 Å². The Labute approximate surface area is 218 Å². The number of fused-ring (bicyclic) bond motifs is 2. The van der Waals surface area contributed by atoms with Gasteiger partial charge in [-0.15, -0.1) is 0 Å². The van der Waals surface area contributed by atoms with Crippen LogP contribution in [0.5, 0.6) is 0 Å². The van der Waals surface area contributed by atoms with Gasteiger partial charge in [0.05, 0.1) is 21.7 Å². The Bertz CT molecular complexity index is 1610. The molecule has 0 radical (unpaired) electrons. The summed E-state index contributed by atoms with van der Waals surface area (Å²) in [4.78, 5) is 27.1. The number of hydrogen-bond acceptors (Lipinski definition) is 4. The molecule has 4 aromatic carbocycles. The molecule has 4 aromatic rings. The lowest BCUT2D eigenvalue weighted by Gasteiger charge is -2.33. The summed E-state index contributed by atoms with van der Waals surface area (Å²) < 4.78 is 24.3. The predicted molar refractivity (Wildman–Crippen MR) is 152 cm³/mol. The first-order valence-electron chi connectivity index (χ1n) is 12.1. The number of benzene rings is 4. The smallest absolute Gasteiger partial charge is 0.253 e. The molecule has 5 rings (SSSR count). The maximum atomic E-state index is 13.6. The Morgan fingerprint density at radius 1 is 0.757 bits per heavy atom. The lowest BCUT2D eigenvalue weighted by atomic mass is 9.89. The molecular formula is C28H25N2O4P3. The molecule has 0 spiro atoms. The highest BCUT2D eigenvalue weighted by Gasteiger charge is 2.30. The van der Waals surface area contributed by atoms with Crippen LogP contribution in [0.4, 0.5) is 0 Å². The fourth-order valence-electron chi connectivity index (χ4n) is 5.20. The summed E-state index contributed by atoms with van der Waals surface area (Å²) in [6.45, 7) is 0. The number of hydrogen-bond donors (Lipinski definition) is 2. The van der Waals surface area contributed by atoms with Gasteiger partial charge >= 0.3 is 0 Å². The van der Waals surface area contributed by atoms with Gasteiger partial charge in [0.15, 0.2) is 8.46 Å². The molecule has 0 aliphatic heterocycles. The van der Waals surface area contributed by atoms with Crippen LogP contribution in [0.15, 0.2) is 72.8 Å². The van der Waals surface area contributed by atoms with Gasteiger partial charge in [-0.1, -0.05) is 73.5 Å². The summed E-state index contributed by atoms with van der Waals surface area (Å²) in [6.07, 6.45) is 3.26. The molecule has 9 heteroatoms. The summed E-state index contributed by atoms with van der Waals surface area (Å²) in [5.41, 5.74) is 0.768. The van der Waals surface area contributed by atoms with Gasteiger partial charge in [0, 0.05) is 12.1 Å². The van der Waals surface area contributed by atoms with E-state index in [0.717, 1.165) is 34.4 Å². The first-order valence-corrected chi connectivity index (χ1v) is 15.6. The van der Waals surface area contributed by atoms with E-state index in [1.165, 1.54) is 0 Å². The zero-order valence-corrected chi connectivity index (χ0v) is 22.7. The van der Waals surface area contributed by atoms with E-state index in [-0.39, 0.29) is 32.4 Å². The second-order valence-electron chi connectivity index (χ2n) is 9.19. The number of carbonyl (C=O) groups excluding carboxylic acids is 2. The zero-order chi connectivity index (χ0) is 25.9. The highest BCUT2D eigenvalue weighted by molar-refractivity contribution is 7.83. The number of carbonyl (C=O) groups is 2. The molecule has 3 unspecified atom stereocenters. The van der Waals surface area contributed by atoms with Crippen molar-refractivity contribution < 1.29 is 18.7 Å². The molecule has 2 amide bonds. The third-order valence-corrected chi connectivity index (χ3v) is 9.09. The Morgan fingerprint density at radius 2 is 1.27 bits per heavy atom. The van der Waals surface area contributed by atoms with Crippen molar-refractivity contribution in [3.05, 3.63) is 83.9 Å². The molecule has 1 fully saturated rings. The highest BCUT2D eigenvalue weighted by atomic mass is 31.7. The highest BCUT2D eigenvalue weighted by Crippen LogP contribution is 2.26. The molecule has 37 heavy (non-hydrogen) atoms. The molecule has 1 aliphatic rings. The van der Waals surface area contributed by atoms with Crippen molar-refractivity contribution in [2.75, 3.05) is 0 Å². The van der Waals surface area contributed by atoms with Crippen molar-refractivity contribution >= 4 is 68.0 Å². The molecule has 0 saturated heterocycles. The van der Waals surface area contributed by atoms with Gasteiger partial charge in [-0.25, -0.2) is 0 Å². The van der Waals surface area contributed by atoms with Crippen molar-refractivity contribution in [1.29, 1.82) is 0 Å². The molecule has 1 aliphatic carbocycles. The minimum absolute atomic E-state index is 0.228. The second-order valence-corrected chi connectivity index (χ2v) is 12.1. The summed E-state index contributed by atoms with van der Waals surface area (Å²) in [6, 6.07) is 21.6. The van der Waals surface area contributed by atoms with Gasteiger partial charge in [-0.2, -0.15) is 0 Å². The number of nitrogens with one attached hydrogen (secondary N) is 2. The van der Waals surface area contributed by atoms with Crippen molar-refractivity contribution in [2.24, 2.45) is 0 Å². The van der Waals surface area contributed by atoms with Crippen molar-refractivity contribution in [1.82, 2.24) is 10.6 Å². The molecule has 0 bridgehead atoms. The summed E-state index contributed by atoms with van der Waals surface area (Å²) in [5, 5.41) is 10.3. The third kappa shape index (κ3) is 5.15. The quantitative estimate of drug-likeness (QED) is 0.295. The van der Waals surface area contributed by atoms with Crippen LogP contribution in [-0.4, -0.2) is 23.9 Å². The van der Waals surface area contributed by atoms with Gasteiger partial charge < -0.3 is 10.6 Å². The SMILES string of the molecule is O=Pc1ccc2ccccc2c1C(=O)NC1CCCCC1NC(=O)c1c(P(=O)=P)ccc2ccccc12. The molecule has 6 nitrogen and oxygen atoms in total. The van der Waals surface area contributed by atoms with Crippen LogP contribution >= 0.6 is 24.1 Å². The molecule has 1 saturated carbocycles. The van der Waals surface area contributed by atoms with Crippen LogP contribution in [0.2, 0.25) is 0 Å². The monoisotopic (exact) mass is 546 g/mol. The van der Waals surface area contributed by atoms with Gasteiger partial charge in [0.2, 0.25) is 0 Å². The minimum Gasteiger partial charge on any atom is -0.347 e. The topological polar surface area (TPSA) is 92.3 Å². The minimum atomic E-state index is -1.93. The van der Waals surface area contributed by atoms with Crippen LogP contribution in [-0.2, 0) is 9.13 Å². The van der Waals surface area contributed by atoms with Crippen LogP contribution in [0.3, 0.4) is 0 Å². The van der Waals surface area contributed by atoms with E-state index in [4.69, 9.17) is 0 Å². The van der Waals surface area contributed by atoms with E-state index in [0.29, 0.717) is 34.6 Å². The van der Waals surface area contributed by atoms with Gasteiger partial charge in [-0.05, 0) is 55.0 Å². The molecule has 3 atom stereocenters. The van der Waals surface area contributed by atoms with Crippen molar-refractivity contribution in [2.45, 2.75) is 37.8 Å². The van der Waals surface area contributed by atoms with Gasteiger partial charge in [0.1, 0.15) is 7.09 Å². The second kappa shape index (κ2) is 11.1. The van der Waals surface area contributed by atoms with Crippen LogP contribution in [0.25, 0.3) is 21.5 Å². The average molecular weight is 546 g/mol. The lowest BCUT2D eigenvalue weighted by Crippen LogP contribution is -2.53. The Hall–Kier alpha value is -3.16. The Morgan fingerprint density at radius 3 is 1.84 bits per heavy atom. The number of rotatable bonds is 6. The molecular weight excluding hydrogens is 521 g/mol. The summed E-state index contributed by atoms with van der Waals surface area (Å²) in [7, 11) is 1.06. The zero-order valence-electron chi connectivity index (χ0n) is 19.9. The maximum absolute atomic E-state index is 13.6. The fraction of sp³-hybridized carbons (Fsp3) is 0.214. The fourth-order valence-corrected chi connectivity index (χ4v) is 6.84. The predicted octanol–water partition coefficient (Wildman–Crippen LogP) is 5.89. The normalized spacial score (nSPS) is 18.0. The van der Waals surface area contributed by atoms with E-state index in [1.54, 1.807) is 12.1 Å². The summed E-state index contributed by atoms with van der Waals surface area (Å²) >= 11 is 0.